The maximum absolute atomic E-state index is 12.8. The summed E-state index contributed by atoms with van der Waals surface area (Å²) < 4.78 is 21.5. The highest BCUT2D eigenvalue weighted by Gasteiger charge is 2.28. The highest BCUT2D eigenvalue weighted by Crippen LogP contribution is 2.36. The molecule has 0 saturated carbocycles. The van der Waals surface area contributed by atoms with Crippen LogP contribution in [0.5, 0.6) is 5.88 Å². The van der Waals surface area contributed by atoms with Gasteiger partial charge in [0.2, 0.25) is 0 Å². The maximum Gasteiger partial charge on any atom is 0.410 e. The Bertz CT molecular complexity index is 1450. The topological polar surface area (TPSA) is 149 Å². The van der Waals surface area contributed by atoms with Gasteiger partial charge in [0.05, 0.1) is 41.4 Å². The van der Waals surface area contributed by atoms with E-state index in [1.807, 2.05) is 27.7 Å². The van der Waals surface area contributed by atoms with Crippen LogP contribution < -0.4 is 10.1 Å². The van der Waals surface area contributed by atoms with Crippen LogP contribution in [-0.4, -0.2) is 70.4 Å². The monoisotopic (exact) mass is 551 g/mol. The van der Waals surface area contributed by atoms with Crippen LogP contribution in [0.1, 0.15) is 61.6 Å². The largest absolute Gasteiger partial charge is 0.475 e. The Morgan fingerprint density at radius 2 is 2.00 bits per heavy atom. The van der Waals surface area contributed by atoms with Crippen molar-refractivity contribution >= 4 is 35.3 Å². The predicted octanol–water partition coefficient (Wildman–Crippen LogP) is 4.68. The second-order valence-electron chi connectivity index (χ2n) is 10.2. The molecular weight excluding hydrogens is 518 g/mol. The van der Waals surface area contributed by atoms with Crippen LogP contribution in [-0.2, 0) is 14.3 Å². The van der Waals surface area contributed by atoms with Gasteiger partial charge < -0.3 is 33.9 Å². The fourth-order valence-electron chi connectivity index (χ4n) is 3.99. The first-order valence-electron chi connectivity index (χ1n) is 12.9. The molecule has 2 N–H and O–H groups in total. The smallest absolute Gasteiger partial charge is 0.410 e. The van der Waals surface area contributed by atoms with E-state index in [0.29, 0.717) is 46.9 Å². The van der Waals surface area contributed by atoms with Crippen molar-refractivity contribution in [1.29, 1.82) is 0 Å². The summed E-state index contributed by atoms with van der Waals surface area (Å²) in [6.45, 7) is 9.91. The number of esters is 1. The minimum atomic E-state index is -0.570. The number of aryl methyl sites for hydroxylation is 1. The number of hydrogen-bond acceptors (Lipinski definition) is 9. The SMILES string of the molecule is CCOC(=O)c1cc(C)[nH]c1/C=C1\C(=O)Nc2ccc(-c3conc3OCCCN(C)C(=O)OC(C)(C)C)nc21. The molecule has 0 aromatic carbocycles. The molecule has 12 heteroatoms. The molecule has 0 fully saturated rings. The average molecular weight is 552 g/mol. The van der Waals surface area contributed by atoms with E-state index in [-0.39, 0.29) is 30.6 Å². The lowest BCUT2D eigenvalue weighted by atomic mass is 10.1. The van der Waals surface area contributed by atoms with Gasteiger partial charge in [0, 0.05) is 19.3 Å². The Morgan fingerprint density at radius 1 is 1.23 bits per heavy atom. The van der Waals surface area contributed by atoms with Crippen molar-refractivity contribution in [2.75, 3.05) is 32.1 Å². The third-order valence-corrected chi connectivity index (χ3v) is 5.80. The molecule has 3 aromatic heterocycles. The maximum atomic E-state index is 12.8. The molecule has 212 valence electrons. The van der Waals surface area contributed by atoms with Gasteiger partial charge in [-0.05, 0) is 70.5 Å². The van der Waals surface area contributed by atoms with Gasteiger partial charge in [-0.2, -0.15) is 0 Å². The Labute approximate surface area is 231 Å². The number of nitrogens with zero attached hydrogens (tertiary/aromatic N) is 3. The van der Waals surface area contributed by atoms with Crippen molar-refractivity contribution in [2.45, 2.75) is 46.6 Å². The minimum absolute atomic E-state index is 0.233. The molecule has 40 heavy (non-hydrogen) atoms. The van der Waals surface area contributed by atoms with Crippen LogP contribution in [0.2, 0.25) is 0 Å². The lowest BCUT2D eigenvalue weighted by molar-refractivity contribution is -0.110. The highest BCUT2D eigenvalue weighted by molar-refractivity contribution is 6.34. The van der Waals surface area contributed by atoms with E-state index in [4.69, 9.17) is 18.7 Å². The predicted molar refractivity (Wildman–Crippen MR) is 147 cm³/mol. The van der Waals surface area contributed by atoms with Gasteiger partial charge in [0.25, 0.3) is 11.8 Å². The molecule has 1 aliphatic rings. The van der Waals surface area contributed by atoms with E-state index < -0.39 is 17.7 Å². The molecule has 0 unspecified atom stereocenters. The summed E-state index contributed by atoms with van der Waals surface area (Å²) in [5, 5.41) is 6.74. The summed E-state index contributed by atoms with van der Waals surface area (Å²) in [6.07, 6.45) is 3.12. The van der Waals surface area contributed by atoms with Crippen molar-refractivity contribution in [3.8, 4) is 17.1 Å². The van der Waals surface area contributed by atoms with Crippen molar-refractivity contribution in [3.63, 3.8) is 0 Å². The quantitative estimate of drug-likeness (QED) is 0.220. The third-order valence-electron chi connectivity index (χ3n) is 5.80. The first kappa shape index (κ1) is 28.4. The second kappa shape index (κ2) is 11.6. The van der Waals surface area contributed by atoms with Crippen molar-refractivity contribution in [2.24, 2.45) is 0 Å². The van der Waals surface area contributed by atoms with Crippen LogP contribution in [0.15, 0.2) is 29.0 Å². The number of nitrogens with one attached hydrogen (secondary N) is 2. The average Bonchev–Trinajstić information content (AvgIpc) is 3.58. The van der Waals surface area contributed by atoms with E-state index >= 15 is 0 Å². The number of hydrogen-bond donors (Lipinski definition) is 2. The normalized spacial score (nSPS) is 13.7. The van der Waals surface area contributed by atoms with Gasteiger partial charge in [0.15, 0.2) is 0 Å². The first-order valence-corrected chi connectivity index (χ1v) is 12.9. The zero-order chi connectivity index (χ0) is 29.0. The van der Waals surface area contributed by atoms with Crippen LogP contribution in [0.25, 0.3) is 22.9 Å². The second-order valence-corrected chi connectivity index (χ2v) is 10.2. The number of carbonyl (C=O) groups is 3. The summed E-state index contributed by atoms with van der Waals surface area (Å²) in [5.41, 5.74) is 3.18. The number of aromatic nitrogens is 3. The Morgan fingerprint density at radius 3 is 2.73 bits per heavy atom. The Balaban J connectivity index is 1.50. The summed E-state index contributed by atoms with van der Waals surface area (Å²) in [4.78, 5) is 46.6. The molecule has 12 nitrogen and oxygen atoms in total. The number of carbonyl (C=O) groups excluding carboxylic acids is 3. The summed E-state index contributed by atoms with van der Waals surface area (Å²) in [7, 11) is 1.66. The molecule has 0 atom stereocenters. The molecule has 0 bridgehead atoms. The van der Waals surface area contributed by atoms with E-state index in [2.05, 4.69) is 20.4 Å². The standard InChI is InChI=1S/C28H33N5O7/c1-7-37-26(35)17-13-16(2)29-22(17)14-18-23-21(31-24(18)34)10-9-20(30-23)19-15-39-32-25(19)38-12-8-11-33(6)27(36)40-28(3,4)5/h9-10,13-15,29H,7-8,11-12H2,1-6H3,(H,31,34)/b18-14-. The Kier molecular flexibility index (Phi) is 8.26. The Hall–Kier alpha value is -4.61. The van der Waals surface area contributed by atoms with Crippen LogP contribution in [0.3, 0.4) is 0 Å². The zero-order valence-electron chi connectivity index (χ0n) is 23.4. The minimum Gasteiger partial charge on any atom is -0.475 e. The van der Waals surface area contributed by atoms with Gasteiger partial charge in [-0.25, -0.2) is 14.6 Å². The molecule has 0 radical (unpaired) electrons. The highest BCUT2D eigenvalue weighted by atomic mass is 16.6. The number of amides is 2. The molecule has 0 spiro atoms. The number of ether oxygens (including phenoxy) is 3. The van der Waals surface area contributed by atoms with Gasteiger partial charge >= 0.3 is 12.1 Å². The first-order chi connectivity index (χ1) is 19.0. The number of pyridine rings is 1. The van der Waals surface area contributed by atoms with Crippen LogP contribution >= 0.6 is 0 Å². The van der Waals surface area contributed by atoms with Crippen molar-refractivity contribution < 1.29 is 33.1 Å². The van der Waals surface area contributed by atoms with Gasteiger partial charge in [-0.3, -0.25) is 4.79 Å². The van der Waals surface area contributed by atoms with Gasteiger partial charge in [-0.15, -0.1) is 0 Å². The summed E-state index contributed by atoms with van der Waals surface area (Å²) in [6, 6.07) is 5.13. The molecular formula is C28H33N5O7. The van der Waals surface area contributed by atoms with Crippen LogP contribution in [0.4, 0.5) is 10.5 Å². The summed E-state index contributed by atoms with van der Waals surface area (Å²) in [5.74, 6) is -0.597. The number of fused-ring (bicyclic) bond motifs is 1. The lowest BCUT2D eigenvalue weighted by Gasteiger charge is -2.24. The molecule has 3 aromatic rings. The molecule has 4 heterocycles. The molecule has 2 amide bonds. The molecule has 4 rings (SSSR count). The molecule has 0 aliphatic carbocycles. The van der Waals surface area contributed by atoms with Crippen LogP contribution in [0, 0.1) is 6.92 Å². The number of anilines is 1. The van der Waals surface area contributed by atoms with E-state index in [9.17, 15) is 14.4 Å². The summed E-state index contributed by atoms with van der Waals surface area (Å²) >= 11 is 0. The number of aromatic amines is 1. The van der Waals surface area contributed by atoms with Crippen molar-refractivity contribution in [3.05, 3.63) is 47.1 Å². The lowest BCUT2D eigenvalue weighted by Crippen LogP contribution is -2.35. The molecule has 0 saturated heterocycles. The van der Waals surface area contributed by atoms with E-state index in [0.717, 1.165) is 5.69 Å². The van der Waals surface area contributed by atoms with Gasteiger partial charge in [-0.1, -0.05) is 0 Å². The van der Waals surface area contributed by atoms with Crippen molar-refractivity contribution in [1.82, 2.24) is 20.0 Å². The number of rotatable bonds is 9. The third kappa shape index (κ3) is 6.50. The fourth-order valence-corrected chi connectivity index (χ4v) is 3.99. The van der Waals surface area contributed by atoms with E-state index in [1.54, 1.807) is 38.2 Å². The zero-order valence-corrected chi connectivity index (χ0v) is 23.4. The van der Waals surface area contributed by atoms with Gasteiger partial charge in [0.1, 0.15) is 23.1 Å². The van der Waals surface area contributed by atoms with E-state index in [1.165, 1.54) is 11.2 Å². The molecule has 1 aliphatic heterocycles. The fraction of sp³-hybridized carbons (Fsp3) is 0.393. The number of H-pyrrole nitrogens is 1.